The first-order valence-corrected chi connectivity index (χ1v) is 7.77. The fourth-order valence-corrected chi connectivity index (χ4v) is 2.14. The van der Waals surface area contributed by atoms with Crippen molar-refractivity contribution >= 4 is 5.97 Å². The maximum atomic E-state index is 12.9. The van der Waals surface area contributed by atoms with Crippen molar-refractivity contribution in [1.82, 2.24) is 0 Å². The van der Waals surface area contributed by atoms with E-state index in [1.807, 2.05) is 31.2 Å². The van der Waals surface area contributed by atoms with Gasteiger partial charge < -0.3 is 4.74 Å². The van der Waals surface area contributed by atoms with Crippen molar-refractivity contribution in [2.75, 3.05) is 0 Å². The third-order valence-corrected chi connectivity index (χ3v) is 3.55. The van der Waals surface area contributed by atoms with Crippen LogP contribution in [0.4, 0.5) is 4.39 Å². The second-order valence-corrected chi connectivity index (χ2v) is 5.54. The molecule has 0 heterocycles. The first-order chi connectivity index (χ1) is 12.1. The summed E-state index contributed by atoms with van der Waals surface area (Å²) >= 11 is 0. The highest BCUT2D eigenvalue weighted by atomic mass is 19.1. The van der Waals surface area contributed by atoms with Gasteiger partial charge in [-0.3, -0.25) is 0 Å². The van der Waals surface area contributed by atoms with Gasteiger partial charge in [0.25, 0.3) is 0 Å². The molecule has 0 fully saturated rings. The second-order valence-electron chi connectivity index (χ2n) is 5.54. The molecule has 0 saturated heterocycles. The van der Waals surface area contributed by atoms with Crippen LogP contribution in [-0.4, -0.2) is 5.97 Å². The summed E-state index contributed by atoms with van der Waals surface area (Å²) in [5.41, 5.74) is 3.34. The average Bonchev–Trinajstić information content (AvgIpc) is 2.63. The molecule has 0 saturated carbocycles. The Morgan fingerprint density at radius 2 is 1.32 bits per heavy atom. The van der Waals surface area contributed by atoms with Gasteiger partial charge in [-0.1, -0.05) is 29.5 Å². The molecule has 0 radical (unpaired) electrons. The molecule has 0 bridgehead atoms. The molecule has 122 valence electrons. The fraction of sp³-hybridized carbons (Fsp3) is 0.0455. The maximum Gasteiger partial charge on any atom is 0.343 e. The van der Waals surface area contributed by atoms with Crippen molar-refractivity contribution in [3.05, 3.63) is 101 Å². The standard InChI is InChI=1S/C22H15FO2/c1-16-2-4-17(5-3-16)6-7-18-8-10-19(11-9-18)22(24)25-21-14-12-20(23)13-15-21/h2-5,8-15H,1H3. The van der Waals surface area contributed by atoms with Crippen LogP contribution in [0.1, 0.15) is 27.0 Å². The number of hydrogen-bond acceptors (Lipinski definition) is 2. The quantitative estimate of drug-likeness (QED) is 0.385. The van der Waals surface area contributed by atoms with E-state index in [0.29, 0.717) is 11.3 Å². The van der Waals surface area contributed by atoms with Crippen LogP contribution in [-0.2, 0) is 0 Å². The number of esters is 1. The largest absolute Gasteiger partial charge is 0.423 e. The minimum atomic E-state index is -0.496. The SMILES string of the molecule is Cc1ccc(C#Cc2ccc(C(=O)Oc3ccc(F)cc3)cc2)cc1. The Morgan fingerprint density at radius 3 is 1.88 bits per heavy atom. The highest BCUT2D eigenvalue weighted by Gasteiger charge is 2.08. The molecule has 0 aromatic heterocycles. The Hall–Kier alpha value is -3.38. The molecule has 0 unspecified atom stereocenters. The number of rotatable bonds is 2. The van der Waals surface area contributed by atoms with E-state index in [-0.39, 0.29) is 5.82 Å². The van der Waals surface area contributed by atoms with Crippen molar-refractivity contribution < 1.29 is 13.9 Å². The molecule has 3 heteroatoms. The Morgan fingerprint density at radius 1 is 0.800 bits per heavy atom. The van der Waals surface area contributed by atoms with Gasteiger partial charge in [-0.2, -0.15) is 0 Å². The molecule has 3 aromatic carbocycles. The normalized spacial score (nSPS) is 9.84. The predicted molar refractivity (Wildman–Crippen MR) is 95.0 cm³/mol. The van der Waals surface area contributed by atoms with Crippen molar-refractivity contribution in [1.29, 1.82) is 0 Å². The van der Waals surface area contributed by atoms with Gasteiger partial charge in [0, 0.05) is 11.1 Å². The lowest BCUT2D eigenvalue weighted by Gasteiger charge is -2.04. The van der Waals surface area contributed by atoms with E-state index >= 15 is 0 Å². The van der Waals surface area contributed by atoms with Crippen LogP contribution >= 0.6 is 0 Å². The lowest BCUT2D eigenvalue weighted by Crippen LogP contribution is -2.08. The second kappa shape index (κ2) is 7.46. The van der Waals surface area contributed by atoms with Gasteiger partial charge in [0.05, 0.1) is 5.56 Å². The number of aryl methyl sites for hydroxylation is 1. The van der Waals surface area contributed by atoms with Gasteiger partial charge in [0.2, 0.25) is 0 Å². The van der Waals surface area contributed by atoms with E-state index in [1.54, 1.807) is 24.3 Å². The van der Waals surface area contributed by atoms with Gasteiger partial charge in [-0.15, -0.1) is 0 Å². The summed E-state index contributed by atoms with van der Waals surface area (Å²) in [6.45, 7) is 2.03. The van der Waals surface area contributed by atoms with Gasteiger partial charge in [0.15, 0.2) is 0 Å². The predicted octanol–water partition coefficient (Wildman–Crippen LogP) is 4.75. The molecule has 0 aliphatic carbocycles. The van der Waals surface area contributed by atoms with Crippen molar-refractivity contribution in [3.63, 3.8) is 0 Å². The summed E-state index contributed by atoms with van der Waals surface area (Å²) < 4.78 is 18.0. The number of ether oxygens (including phenoxy) is 1. The van der Waals surface area contributed by atoms with Crippen LogP contribution in [0, 0.1) is 24.6 Å². The molecule has 25 heavy (non-hydrogen) atoms. The monoisotopic (exact) mass is 330 g/mol. The van der Waals surface area contributed by atoms with Crippen LogP contribution in [0.5, 0.6) is 5.75 Å². The van der Waals surface area contributed by atoms with Gasteiger partial charge >= 0.3 is 5.97 Å². The van der Waals surface area contributed by atoms with E-state index in [1.165, 1.54) is 29.8 Å². The zero-order valence-corrected chi connectivity index (χ0v) is 13.6. The average molecular weight is 330 g/mol. The molecule has 0 amide bonds. The summed E-state index contributed by atoms with van der Waals surface area (Å²) in [5, 5.41) is 0. The van der Waals surface area contributed by atoms with Crippen LogP contribution in [0.3, 0.4) is 0 Å². The van der Waals surface area contributed by atoms with Crippen LogP contribution < -0.4 is 4.74 Å². The Balaban J connectivity index is 1.68. The lowest BCUT2D eigenvalue weighted by atomic mass is 10.1. The van der Waals surface area contributed by atoms with Crippen LogP contribution in [0.15, 0.2) is 72.8 Å². The zero-order valence-electron chi connectivity index (χ0n) is 13.6. The topological polar surface area (TPSA) is 26.3 Å². The third-order valence-electron chi connectivity index (χ3n) is 3.55. The number of carbonyl (C=O) groups is 1. The smallest absolute Gasteiger partial charge is 0.343 e. The van der Waals surface area contributed by atoms with E-state index < -0.39 is 5.97 Å². The molecule has 0 spiro atoms. The van der Waals surface area contributed by atoms with Crippen LogP contribution in [0.25, 0.3) is 0 Å². The highest BCUT2D eigenvalue weighted by Crippen LogP contribution is 2.14. The molecule has 0 aliphatic rings. The first-order valence-electron chi connectivity index (χ1n) is 7.77. The van der Waals surface area contributed by atoms with E-state index in [9.17, 15) is 9.18 Å². The molecule has 0 N–H and O–H groups in total. The minimum Gasteiger partial charge on any atom is -0.423 e. The summed E-state index contributed by atoms with van der Waals surface area (Å²) in [6, 6.07) is 20.1. The first kappa shape index (κ1) is 16.5. The fourth-order valence-electron chi connectivity index (χ4n) is 2.14. The number of benzene rings is 3. The summed E-state index contributed by atoms with van der Waals surface area (Å²) in [7, 11) is 0. The maximum absolute atomic E-state index is 12.9. The van der Waals surface area contributed by atoms with Crippen molar-refractivity contribution in [3.8, 4) is 17.6 Å². The summed E-state index contributed by atoms with van der Waals surface area (Å²) in [6.07, 6.45) is 0. The molecule has 2 nitrogen and oxygen atoms in total. The molecule has 3 rings (SSSR count). The summed E-state index contributed by atoms with van der Waals surface area (Å²) in [4.78, 5) is 12.1. The molecular weight excluding hydrogens is 315 g/mol. The molecule has 0 aliphatic heterocycles. The Kier molecular flexibility index (Phi) is 4.92. The van der Waals surface area contributed by atoms with E-state index in [4.69, 9.17) is 4.74 Å². The van der Waals surface area contributed by atoms with E-state index in [0.717, 1.165) is 11.1 Å². The van der Waals surface area contributed by atoms with Crippen molar-refractivity contribution in [2.45, 2.75) is 6.92 Å². The van der Waals surface area contributed by atoms with Gasteiger partial charge in [0.1, 0.15) is 11.6 Å². The highest BCUT2D eigenvalue weighted by molar-refractivity contribution is 5.91. The van der Waals surface area contributed by atoms with Crippen LogP contribution in [0.2, 0.25) is 0 Å². The number of halogens is 1. The summed E-state index contributed by atoms with van der Waals surface area (Å²) in [5.74, 6) is 5.57. The lowest BCUT2D eigenvalue weighted by molar-refractivity contribution is 0.0734. The molecule has 3 aromatic rings. The molecule has 0 atom stereocenters. The van der Waals surface area contributed by atoms with Crippen molar-refractivity contribution in [2.24, 2.45) is 0 Å². The van der Waals surface area contributed by atoms with Gasteiger partial charge in [-0.05, 0) is 67.6 Å². The minimum absolute atomic E-state index is 0.301. The van der Waals surface area contributed by atoms with E-state index in [2.05, 4.69) is 11.8 Å². The Labute approximate surface area is 145 Å². The number of carbonyl (C=O) groups excluding carboxylic acids is 1. The molecular formula is C22H15FO2. The number of hydrogen-bond donors (Lipinski definition) is 0. The van der Waals surface area contributed by atoms with Gasteiger partial charge in [-0.25, -0.2) is 9.18 Å². The Bertz CT molecular complexity index is 929. The third kappa shape index (κ3) is 4.55. The zero-order chi connectivity index (χ0) is 17.6.